The first kappa shape index (κ1) is 17.1. The third-order valence-corrected chi connectivity index (χ3v) is 4.17. The van der Waals surface area contributed by atoms with E-state index in [0.29, 0.717) is 18.6 Å². The summed E-state index contributed by atoms with van der Waals surface area (Å²) in [7, 11) is 0. The van der Waals surface area contributed by atoms with Gasteiger partial charge in [0.15, 0.2) is 0 Å². The van der Waals surface area contributed by atoms with Crippen molar-refractivity contribution >= 4 is 27.7 Å². The van der Waals surface area contributed by atoms with Gasteiger partial charge in [0.05, 0.1) is 16.5 Å². The molecule has 0 aliphatic carbocycles. The molecular formula is C16H15BrO6. The highest BCUT2D eigenvalue weighted by Gasteiger charge is 2.22. The highest BCUT2D eigenvalue weighted by Crippen LogP contribution is 2.43. The molecule has 0 aliphatic heterocycles. The summed E-state index contributed by atoms with van der Waals surface area (Å²) in [6.07, 6.45) is 0.352. The number of furan rings is 1. The Bertz CT molecular complexity index is 762. The van der Waals surface area contributed by atoms with Crippen molar-refractivity contribution in [3.05, 3.63) is 34.0 Å². The molecule has 2 aromatic rings. The van der Waals surface area contributed by atoms with Crippen LogP contribution in [-0.2, 0) is 22.4 Å². The minimum absolute atomic E-state index is 0.0322. The van der Waals surface area contributed by atoms with Crippen LogP contribution < -0.4 is 0 Å². The molecule has 3 N–H and O–H groups in total. The number of carbonyl (C=O) groups excluding carboxylic acids is 1. The van der Waals surface area contributed by atoms with Crippen LogP contribution in [0.15, 0.2) is 27.1 Å². The van der Waals surface area contributed by atoms with Gasteiger partial charge >= 0.3 is 5.97 Å². The molecule has 0 amide bonds. The van der Waals surface area contributed by atoms with Crippen molar-refractivity contribution in [1.82, 2.24) is 0 Å². The van der Waals surface area contributed by atoms with Crippen LogP contribution in [-0.4, -0.2) is 27.1 Å². The van der Waals surface area contributed by atoms with Gasteiger partial charge in [-0.2, -0.15) is 0 Å². The number of hydrogen-bond donors (Lipinski definition) is 3. The molecule has 0 bridgehead atoms. The Morgan fingerprint density at radius 1 is 1.22 bits per heavy atom. The number of carbonyl (C=O) groups is 2. The summed E-state index contributed by atoms with van der Waals surface area (Å²) in [5.74, 6) is -0.789. The predicted octanol–water partition coefficient (Wildman–Crippen LogP) is 3.27. The molecule has 0 spiro atoms. The number of carboxylic acid groups (broad SMARTS) is 1. The van der Waals surface area contributed by atoms with Crippen LogP contribution in [0.5, 0.6) is 11.5 Å². The number of phenols is 2. The van der Waals surface area contributed by atoms with E-state index in [2.05, 4.69) is 15.9 Å². The normalized spacial score (nSPS) is 10.7. The quantitative estimate of drug-likeness (QED) is 0.707. The van der Waals surface area contributed by atoms with Gasteiger partial charge in [-0.3, -0.25) is 4.79 Å². The number of aryl methyl sites for hydroxylation is 1. The Hall–Kier alpha value is -2.28. The second kappa shape index (κ2) is 6.87. The van der Waals surface area contributed by atoms with Crippen LogP contribution in [0, 0.1) is 0 Å². The standard InChI is InChI=1S/C16H15BrO6/c1-8(18)2-3-9-4-5-13(23-9)15-10(6-14(21)22)16(17)12(20)7-11(15)19/h4-5,7,19-20H,2-3,6H2,1H3,(H,21,22). The molecule has 0 fully saturated rings. The van der Waals surface area contributed by atoms with E-state index in [9.17, 15) is 19.8 Å². The molecule has 0 atom stereocenters. The first-order chi connectivity index (χ1) is 10.8. The molecule has 0 saturated carbocycles. The smallest absolute Gasteiger partial charge is 0.307 e. The monoisotopic (exact) mass is 382 g/mol. The van der Waals surface area contributed by atoms with Gasteiger partial charge in [-0.15, -0.1) is 0 Å². The van der Waals surface area contributed by atoms with Crippen molar-refractivity contribution in [2.75, 3.05) is 0 Å². The Morgan fingerprint density at radius 3 is 2.52 bits per heavy atom. The summed E-state index contributed by atoms with van der Waals surface area (Å²) in [5, 5.41) is 28.9. The summed E-state index contributed by atoms with van der Waals surface area (Å²) in [5.41, 5.74) is 0.411. The number of carboxylic acids is 1. The molecule has 1 aromatic heterocycles. The minimum Gasteiger partial charge on any atom is -0.507 e. The van der Waals surface area contributed by atoms with Gasteiger partial charge in [-0.05, 0) is 40.5 Å². The average molecular weight is 383 g/mol. The van der Waals surface area contributed by atoms with E-state index in [1.54, 1.807) is 12.1 Å². The fourth-order valence-electron chi connectivity index (χ4n) is 2.22. The zero-order valence-electron chi connectivity index (χ0n) is 12.3. The minimum atomic E-state index is -1.11. The van der Waals surface area contributed by atoms with Gasteiger partial charge in [-0.25, -0.2) is 0 Å². The van der Waals surface area contributed by atoms with E-state index in [1.165, 1.54) is 6.92 Å². The van der Waals surface area contributed by atoms with E-state index in [-0.39, 0.29) is 38.6 Å². The van der Waals surface area contributed by atoms with Gasteiger partial charge in [0, 0.05) is 18.9 Å². The Labute approximate surface area is 140 Å². The predicted molar refractivity (Wildman–Crippen MR) is 85.5 cm³/mol. The topological polar surface area (TPSA) is 108 Å². The Kier molecular flexibility index (Phi) is 5.10. The SMILES string of the molecule is CC(=O)CCc1ccc(-c2c(O)cc(O)c(Br)c2CC(=O)O)o1. The first-order valence-corrected chi connectivity index (χ1v) is 7.62. The summed E-state index contributed by atoms with van der Waals surface area (Å²) in [6.45, 7) is 1.48. The molecule has 6 nitrogen and oxygen atoms in total. The van der Waals surface area contributed by atoms with Crippen molar-refractivity contribution in [2.24, 2.45) is 0 Å². The van der Waals surface area contributed by atoms with E-state index in [1.807, 2.05) is 0 Å². The maximum Gasteiger partial charge on any atom is 0.307 e. The van der Waals surface area contributed by atoms with Gasteiger partial charge in [-0.1, -0.05) is 0 Å². The van der Waals surface area contributed by atoms with Crippen LogP contribution in [0.1, 0.15) is 24.7 Å². The van der Waals surface area contributed by atoms with Gasteiger partial charge in [0.1, 0.15) is 28.8 Å². The van der Waals surface area contributed by atoms with Crippen LogP contribution in [0.3, 0.4) is 0 Å². The van der Waals surface area contributed by atoms with Crippen molar-refractivity contribution in [3.8, 4) is 22.8 Å². The first-order valence-electron chi connectivity index (χ1n) is 6.83. The molecule has 1 aromatic carbocycles. The molecule has 2 rings (SSSR count). The lowest BCUT2D eigenvalue weighted by Crippen LogP contribution is -2.03. The van der Waals surface area contributed by atoms with Crippen molar-refractivity contribution in [2.45, 2.75) is 26.2 Å². The summed E-state index contributed by atoms with van der Waals surface area (Å²) in [4.78, 5) is 22.1. The maximum atomic E-state index is 11.1. The molecule has 0 saturated heterocycles. The van der Waals surface area contributed by atoms with E-state index in [4.69, 9.17) is 9.52 Å². The molecular weight excluding hydrogens is 368 g/mol. The van der Waals surface area contributed by atoms with Crippen molar-refractivity contribution < 1.29 is 29.3 Å². The third-order valence-electron chi connectivity index (χ3n) is 3.28. The number of ketones is 1. The van der Waals surface area contributed by atoms with Gasteiger partial charge in [0.25, 0.3) is 0 Å². The number of hydrogen-bond acceptors (Lipinski definition) is 5. The zero-order valence-corrected chi connectivity index (χ0v) is 13.9. The molecule has 0 radical (unpaired) electrons. The van der Waals surface area contributed by atoms with E-state index < -0.39 is 12.4 Å². The van der Waals surface area contributed by atoms with Crippen LogP contribution >= 0.6 is 15.9 Å². The molecule has 122 valence electrons. The Morgan fingerprint density at radius 2 is 1.91 bits per heavy atom. The van der Waals surface area contributed by atoms with Crippen LogP contribution in [0.2, 0.25) is 0 Å². The molecule has 1 heterocycles. The summed E-state index contributed by atoms with van der Waals surface area (Å²) < 4.78 is 5.80. The second-order valence-electron chi connectivity index (χ2n) is 5.12. The lowest BCUT2D eigenvalue weighted by atomic mass is 10.0. The number of Topliss-reactive ketones (excluding diaryl/α,β-unsaturated/α-hetero) is 1. The number of halogens is 1. The molecule has 0 unspecified atom stereocenters. The lowest BCUT2D eigenvalue weighted by molar-refractivity contribution is -0.136. The third kappa shape index (κ3) is 3.92. The molecule has 23 heavy (non-hydrogen) atoms. The fraction of sp³-hybridized carbons (Fsp3) is 0.250. The number of aromatic hydroxyl groups is 2. The number of aliphatic carboxylic acids is 1. The number of rotatable bonds is 6. The average Bonchev–Trinajstić information content (AvgIpc) is 2.90. The zero-order chi connectivity index (χ0) is 17.1. The second-order valence-corrected chi connectivity index (χ2v) is 5.91. The molecule has 0 aliphatic rings. The fourth-order valence-corrected chi connectivity index (χ4v) is 2.67. The highest BCUT2D eigenvalue weighted by atomic mass is 79.9. The van der Waals surface area contributed by atoms with Crippen molar-refractivity contribution in [3.63, 3.8) is 0 Å². The highest BCUT2D eigenvalue weighted by molar-refractivity contribution is 9.10. The van der Waals surface area contributed by atoms with E-state index in [0.717, 1.165) is 6.07 Å². The van der Waals surface area contributed by atoms with Crippen molar-refractivity contribution in [1.29, 1.82) is 0 Å². The maximum absolute atomic E-state index is 11.1. The number of benzene rings is 1. The molecule has 7 heteroatoms. The largest absolute Gasteiger partial charge is 0.507 e. The Balaban J connectivity index is 2.48. The summed E-state index contributed by atoms with van der Waals surface area (Å²) in [6, 6.07) is 4.38. The van der Waals surface area contributed by atoms with Gasteiger partial charge < -0.3 is 24.5 Å². The van der Waals surface area contributed by atoms with E-state index >= 15 is 0 Å². The van der Waals surface area contributed by atoms with Gasteiger partial charge in [0.2, 0.25) is 0 Å². The summed E-state index contributed by atoms with van der Waals surface area (Å²) >= 11 is 3.14. The lowest BCUT2D eigenvalue weighted by Gasteiger charge is -2.12. The number of phenolic OH excluding ortho intramolecular Hbond substituents is 2. The van der Waals surface area contributed by atoms with Crippen LogP contribution in [0.4, 0.5) is 0 Å². The van der Waals surface area contributed by atoms with Crippen LogP contribution in [0.25, 0.3) is 11.3 Å².